The van der Waals surface area contributed by atoms with E-state index in [0.29, 0.717) is 6.54 Å². The predicted molar refractivity (Wildman–Crippen MR) is 200 cm³/mol. The Hall–Kier alpha value is -1.76. The van der Waals surface area contributed by atoms with Gasteiger partial charge in [0, 0.05) is 13.6 Å². The van der Waals surface area contributed by atoms with Crippen LogP contribution in [0, 0.1) is 4.91 Å². The molecule has 1 rings (SSSR count). The number of H-pyrrole nitrogens is 1. The van der Waals surface area contributed by atoms with Crippen LogP contribution in [0.4, 0.5) is 5.82 Å². The normalized spacial score (nSPS) is 10.6. The minimum absolute atomic E-state index is 0. The molecule has 2 N–H and O–H groups in total. The van der Waals surface area contributed by atoms with Gasteiger partial charge in [-0.3, -0.25) is 4.79 Å². The van der Waals surface area contributed by atoms with Gasteiger partial charge in [0.05, 0.1) is 12.4 Å². The molecule has 0 radical (unpaired) electrons. The third-order valence-electron chi connectivity index (χ3n) is 7.73. The fraction of sp³-hybridized carbons (Fsp3) is 0.895. The SMILES string of the molecule is C.CC.CC.CCC(O)CCCCCCCCCN(C)C(=O)c1[nH]cnc1N=O.CCCCCCCCCCCCCCCC. The van der Waals surface area contributed by atoms with E-state index in [1.54, 1.807) is 11.9 Å². The molecule has 0 fully saturated rings. The Bertz CT molecular complexity index is 682. The Morgan fingerprint density at radius 3 is 1.49 bits per heavy atom. The Morgan fingerprint density at radius 2 is 1.11 bits per heavy atom. The number of carbonyl (C=O) groups is 1. The third-order valence-corrected chi connectivity index (χ3v) is 7.73. The maximum absolute atomic E-state index is 12.1. The fourth-order valence-corrected chi connectivity index (χ4v) is 4.89. The number of amides is 1. The number of nitrogens with zero attached hydrogens (tertiary/aromatic N) is 3. The van der Waals surface area contributed by atoms with Gasteiger partial charge in [0.1, 0.15) is 0 Å². The summed E-state index contributed by atoms with van der Waals surface area (Å²) in [6.45, 7) is 15.2. The molecule has 0 spiro atoms. The lowest BCUT2D eigenvalue weighted by molar-refractivity contribution is 0.0788. The molecule has 0 aliphatic carbocycles. The summed E-state index contributed by atoms with van der Waals surface area (Å²) in [5, 5.41) is 12.2. The highest BCUT2D eigenvalue weighted by Gasteiger charge is 2.18. The van der Waals surface area contributed by atoms with Crippen LogP contribution in [0.3, 0.4) is 0 Å². The second-order valence-electron chi connectivity index (χ2n) is 11.5. The molecule has 0 saturated heterocycles. The third kappa shape index (κ3) is 33.4. The number of nitroso groups, excluding NO2 is 1. The lowest BCUT2D eigenvalue weighted by Gasteiger charge is -2.16. The first kappa shape index (κ1) is 50.1. The van der Waals surface area contributed by atoms with E-state index >= 15 is 0 Å². The number of aromatic nitrogens is 2. The molecule has 0 bridgehead atoms. The highest BCUT2D eigenvalue weighted by molar-refractivity contribution is 5.96. The van der Waals surface area contributed by atoms with Gasteiger partial charge in [-0.15, -0.1) is 4.91 Å². The number of aliphatic hydroxyl groups excluding tert-OH is 1. The molecule has 1 atom stereocenters. The Labute approximate surface area is 281 Å². The van der Waals surface area contributed by atoms with Crippen molar-refractivity contribution in [2.45, 2.75) is 210 Å². The van der Waals surface area contributed by atoms with E-state index in [0.717, 1.165) is 38.5 Å². The quantitative estimate of drug-likeness (QED) is 0.0777. The standard InChI is InChI=1S/C17H30N4O3.C16H34.2C2H6.CH4/c1-3-14(22)11-9-7-5-4-6-8-10-12-21(2)17(23)15-16(20-24)19-13-18-15;1-3-5-7-9-11-13-15-16-14-12-10-8-6-4-2;2*1-2;/h13-14,22H,3-12H2,1-2H3,(H,18,19);3-16H2,1-2H3;2*1-2H3;1H4. The van der Waals surface area contributed by atoms with Crippen LogP contribution in [0.2, 0.25) is 0 Å². The smallest absolute Gasteiger partial charge is 0.274 e. The lowest BCUT2D eigenvalue weighted by atomic mass is 10.0. The lowest BCUT2D eigenvalue weighted by Crippen LogP contribution is -2.28. The molecule has 1 aromatic heterocycles. The monoisotopic (exact) mass is 641 g/mol. The van der Waals surface area contributed by atoms with Crippen LogP contribution in [0.15, 0.2) is 11.5 Å². The molecule has 1 aromatic rings. The second-order valence-corrected chi connectivity index (χ2v) is 11.5. The number of rotatable bonds is 26. The van der Waals surface area contributed by atoms with Crippen molar-refractivity contribution in [3.8, 4) is 0 Å². The Balaban J connectivity index is -0.000000350. The first-order valence-corrected chi connectivity index (χ1v) is 18.8. The van der Waals surface area contributed by atoms with Gasteiger partial charge >= 0.3 is 0 Å². The van der Waals surface area contributed by atoms with E-state index in [-0.39, 0.29) is 30.9 Å². The molecule has 1 unspecified atom stereocenters. The van der Waals surface area contributed by atoms with Crippen molar-refractivity contribution in [3.05, 3.63) is 16.9 Å². The van der Waals surface area contributed by atoms with Crippen LogP contribution in [0.1, 0.15) is 214 Å². The number of hydrogen-bond donors (Lipinski definition) is 2. The molecule has 1 heterocycles. The molecule has 0 saturated carbocycles. The van der Waals surface area contributed by atoms with Crippen LogP contribution >= 0.6 is 0 Å². The Morgan fingerprint density at radius 1 is 0.733 bits per heavy atom. The van der Waals surface area contributed by atoms with Crippen molar-refractivity contribution in [1.29, 1.82) is 0 Å². The van der Waals surface area contributed by atoms with Crippen LogP contribution < -0.4 is 0 Å². The van der Waals surface area contributed by atoms with Crippen LogP contribution in [0.25, 0.3) is 0 Å². The van der Waals surface area contributed by atoms with Crippen molar-refractivity contribution >= 4 is 11.7 Å². The zero-order valence-electron chi connectivity index (χ0n) is 30.7. The number of unbranched alkanes of at least 4 members (excludes halogenated alkanes) is 19. The Kier molecular flexibility index (Phi) is 47.0. The van der Waals surface area contributed by atoms with Crippen molar-refractivity contribution in [1.82, 2.24) is 14.9 Å². The van der Waals surface area contributed by atoms with E-state index in [9.17, 15) is 14.8 Å². The summed E-state index contributed by atoms with van der Waals surface area (Å²) in [5.41, 5.74) is 0.154. The summed E-state index contributed by atoms with van der Waals surface area (Å²) in [6.07, 6.45) is 31.2. The minimum Gasteiger partial charge on any atom is -0.393 e. The van der Waals surface area contributed by atoms with Crippen molar-refractivity contribution in [3.63, 3.8) is 0 Å². The largest absolute Gasteiger partial charge is 0.393 e. The van der Waals surface area contributed by atoms with Crippen molar-refractivity contribution in [2.75, 3.05) is 13.6 Å². The van der Waals surface area contributed by atoms with Crippen LogP contribution in [0.5, 0.6) is 0 Å². The van der Waals surface area contributed by atoms with E-state index in [2.05, 4.69) is 29.0 Å². The zero-order chi connectivity index (χ0) is 33.7. The summed E-state index contributed by atoms with van der Waals surface area (Å²) in [4.78, 5) is 30.7. The maximum atomic E-state index is 12.1. The minimum atomic E-state index is -0.253. The number of hydrogen-bond acceptors (Lipinski definition) is 5. The highest BCUT2D eigenvalue weighted by Crippen LogP contribution is 2.16. The van der Waals surface area contributed by atoms with Gasteiger partial charge < -0.3 is 15.0 Å². The van der Waals surface area contributed by atoms with E-state index < -0.39 is 0 Å². The highest BCUT2D eigenvalue weighted by atomic mass is 16.3. The number of aliphatic hydroxyl groups is 1. The van der Waals surface area contributed by atoms with Gasteiger partial charge in [-0.05, 0) is 24.4 Å². The molecule has 7 nitrogen and oxygen atoms in total. The van der Waals surface area contributed by atoms with Crippen LogP contribution in [-0.4, -0.2) is 45.6 Å². The van der Waals surface area contributed by atoms with Crippen LogP contribution in [-0.2, 0) is 0 Å². The van der Waals surface area contributed by atoms with Gasteiger partial charge in [-0.2, -0.15) is 0 Å². The molecule has 0 aliphatic rings. The number of carbonyl (C=O) groups excluding carboxylic acids is 1. The number of aromatic amines is 1. The molecule has 1 amide bonds. The first-order valence-electron chi connectivity index (χ1n) is 18.8. The summed E-state index contributed by atoms with van der Waals surface area (Å²) in [5.74, 6) is -0.336. The van der Waals surface area contributed by atoms with E-state index in [1.807, 2.05) is 34.6 Å². The molecular weight excluding hydrogens is 560 g/mol. The molecule has 45 heavy (non-hydrogen) atoms. The molecule has 7 heteroatoms. The van der Waals surface area contributed by atoms with Gasteiger partial charge in [-0.25, -0.2) is 4.98 Å². The first-order chi connectivity index (χ1) is 21.5. The maximum Gasteiger partial charge on any atom is 0.274 e. The van der Waals surface area contributed by atoms with E-state index in [4.69, 9.17) is 0 Å². The predicted octanol–water partition coefficient (Wildman–Crippen LogP) is 12.9. The van der Waals surface area contributed by atoms with Gasteiger partial charge in [-0.1, -0.05) is 184 Å². The molecule has 0 aliphatic heterocycles. The van der Waals surface area contributed by atoms with Crippen molar-refractivity contribution < 1.29 is 9.90 Å². The molecular formula is C38H80N4O3. The molecule has 270 valence electrons. The summed E-state index contributed by atoms with van der Waals surface area (Å²) >= 11 is 0. The van der Waals surface area contributed by atoms with Gasteiger partial charge in [0.15, 0.2) is 5.69 Å². The average Bonchev–Trinajstić information content (AvgIpc) is 3.55. The summed E-state index contributed by atoms with van der Waals surface area (Å²) < 4.78 is 0. The summed E-state index contributed by atoms with van der Waals surface area (Å²) in [6, 6.07) is 0. The van der Waals surface area contributed by atoms with Gasteiger partial charge in [0.2, 0.25) is 5.82 Å². The topological polar surface area (TPSA) is 98.7 Å². The molecule has 0 aromatic carbocycles. The summed E-state index contributed by atoms with van der Waals surface area (Å²) in [7, 11) is 1.72. The number of imidazole rings is 1. The second kappa shape index (κ2) is 42.2. The van der Waals surface area contributed by atoms with Gasteiger partial charge in [0.25, 0.3) is 5.91 Å². The zero-order valence-corrected chi connectivity index (χ0v) is 30.7. The average molecular weight is 641 g/mol. The van der Waals surface area contributed by atoms with Crippen molar-refractivity contribution in [2.24, 2.45) is 5.18 Å². The van der Waals surface area contributed by atoms with E-state index in [1.165, 1.54) is 115 Å². The number of nitrogens with one attached hydrogen (secondary N) is 1. The fourth-order valence-electron chi connectivity index (χ4n) is 4.89.